The lowest BCUT2D eigenvalue weighted by atomic mass is 10.1. The Labute approximate surface area is 88.9 Å². The number of carbonyl (C=O) groups is 1. The highest BCUT2D eigenvalue weighted by atomic mass is 16.5. The SMILES string of the molecule is COc1ccccc1NC(=O)C(C)(C)O. The number of benzene rings is 1. The average Bonchev–Trinajstić information content (AvgIpc) is 2.17. The lowest BCUT2D eigenvalue weighted by Gasteiger charge is -2.17. The molecule has 0 aromatic heterocycles. The molecule has 0 aliphatic carbocycles. The van der Waals surface area contributed by atoms with E-state index in [0.29, 0.717) is 11.4 Å². The quantitative estimate of drug-likeness (QED) is 0.791. The van der Waals surface area contributed by atoms with Crippen molar-refractivity contribution in [3.8, 4) is 5.75 Å². The molecule has 4 heteroatoms. The van der Waals surface area contributed by atoms with E-state index in [0.717, 1.165) is 0 Å². The molecule has 0 spiro atoms. The molecule has 1 amide bonds. The number of amides is 1. The molecule has 0 aliphatic heterocycles. The van der Waals surface area contributed by atoms with Gasteiger partial charge in [0, 0.05) is 0 Å². The summed E-state index contributed by atoms with van der Waals surface area (Å²) in [4.78, 5) is 11.5. The highest BCUT2D eigenvalue weighted by Gasteiger charge is 2.24. The van der Waals surface area contributed by atoms with E-state index in [-0.39, 0.29) is 0 Å². The second-order valence-electron chi connectivity index (χ2n) is 3.71. The van der Waals surface area contributed by atoms with Gasteiger partial charge in [-0.15, -0.1) is 0 Å². The van der Waals surface area contributed by atoms with E-state index in [1.807, 2.05) is 0 Å². The van der Waals surface area contributed by atoms with Crippen molar-refractivity contribution in [1.29, 1.82) is 0 Å². The normalized spacial score (nSPS) is 10.9. The van der Waals surface area contributed by atoms with Crippen LogP contribution in [0.4, 0.5) is 5.69 Å². The zero-order chi connectivity index (χ0) is 11.5. The fraction of sp³-hybridized carbons (Fsp3) is 0.364. The summed E-state index contributed by atoms with van der Waals surface area (Å²) >= 11 is 0. The Morgan fingerprint density at radius 1 is 1.40 bits per heavy atom. The molecule has 0 fully saturated rings. The average molecular weight is 209 g/mol. The maximum atomic E-state index is 11.5. The van der Waals surface area contributed by atoms with Gasteiger partial charge in [0.15, 0.2) is 0 Å². The summed E-state index contributed by atoms with van der Waals surface area (Å²) in [6, 6.07) is 7.03. The van der Waals surface area contributed by atoms with Crippen LogP contribution in [0.3, 0.4) is 0 Å². The smallest absolute Gasteiger partial charge is 0.255 e. The maximum absolute atomic E-state index is 11.5. The number of hydrogen-bond acceptors (Lipinski definition) is 3. The fourth-order valence-corrected chi connectivity index (χ4v) is 1.02. The van der Waals surface area contributed by atoms with E-state index in [1.54, 1.807) is 24.3 Å². The summed E-state index contributed by atoms with van der Waals surface area (Å²) in [6.45, 7) is 2.86. The molecule has 0 unspecified atom stereocenters. The molecule has 15 heavy (non-hydrogen) atoms. The van der Waals surface area contributed by atoms with Gasteiger partial charge in [-0.3, -0.25) is 4.79 Å². The molecule has 0 heterocycles. The Kier molecular flexibility index (Phi) is 3.31. The molecule has 0 radical (unpaired) electrons. The van der Waals surface area contributed by atoms with Crippen molar-refractivity contribution in [2.24, 2.45) is 0 Å². The third-order valence-electron chi connectivity index (χ3n) is 1.91. The first-order chi connectivity index (χ1) is 6.95. The van der Waals surface area contributed by atoms with Gasteiger partial charge < -0.3 is 15.2 Å². The summed E-state index contributed by atoms with van der Waals surface area (Å²) in [6.07, 6.45) is 0. The first kappa shape index (κ1) is 11.5. The number of rotatable bonds is 3. The van der Waals surface area contributed by atoms with Crippen LogP contribution < -0.4 is 10.1 Å². The molecule has 0 saturated carbocycles. The van der Waals surface area contributed by atoms with Crippen molar-refractivity contribution in [3.05, 3.63) is 24.3 Å². The van der Waals surface area contributed by atoms with Gasteiger partial charge in [-0.25, -0.2) is 0 Å². The Hall–Kier alpha value is -1.55. The van der Waals surface area contributed by atoms with Gasteiger partial charge in [0.05, 0.1) is 12.8 Å². The summed E-state index contributed by atoms with van der Waals surface area (Å²) in [7, 11) is 1.52. The Bertz CT molecular complexity index is 355. The molecular formula is C11H15NO3. The Balaban J connectivity index is 2.85. The van der Waals surface area contributed by atoms with Gasteiger partial charge in [-0.1, -0.05) is 12.1 Å². The Morgan fingerprint density at radius 2 is 2.00 bits per heavy atom. The number of carbonyl (C=O) groups excluding carboxylic acids is 1. The number of para-hydroxylation sites is 2. The molecule has 0 saturated heterocycles. The number of ether oxygens (including phenoxy) is 1. The highest BCUT2D eigenvalue weighted by Crippen LogP contribution is 2.23. The van der Waals surface area contributed by atoms with Crippen LogP contribution in [0.5, 0.6) is 5.75 Å². The molecule has 1 aromatic rings. The van der Waals surface area contributed by atoms with E-state index in [2.05, 4.69) is 5.32 Å². The van der Waals surface area contributed by atoms with Gasteiger partial charge in [0.25, 0.3) is 5.91 Å². The van der Waals surface area contributed by atoms with Gasteiger partial charge in [-0.05, 0) is 26.0 Å². The minimum absolute atomic E-state index is 0.466. The lowest BCUT2D eigenvalue weighted by molar-refractivity contribution is -0.130. The second-order valence-corrected chi connectivity index (χ2v) is 3.71. The number of nitrogens with one attached hydrogen (secondary N) is 1. The van der Waals surface area contributed by atoms with Gasteiger partial charge in [0.1, 0.15) is 11.4 Å². The van der Waals surface area contributed by atoms with E-state index < -0.39 is 11.5 Å². The minimum Gasteiger partial charge on any atom is -0.495 e. The molecule has 82 valence electrons. The van der Waals surface area contributed by atoms with E-state index in [9.17, 15) is 9.90 Å². The molecule has 0 aliphatic rings. The van der Waals surface area contributed by atoms with E-state index >= 15 is 0 Å². The lowest BCUT2D eigenvalue weighted by Crippen LogP contribution is -2.36. The predicted octanol–water partition coefficient (Wildman–Crippen LogP) is 1.40. The van der Waals surface area contributed by atoms with Crippen molar-refractivity contribution in [3.63, 3.8) is 0 Å². The molecular weight excluding hydrogens is 194 g/mol. The highest BCUT2D eigenvalue weighted by molar-refractivity contribution is 5.97. The first-order valence-electron chi connectivity index (χ1n) is 4.62. The van der Waals surface area contributed by atoms with Crippen molar-refractivity contribution < 1.29 is 14.6 Å². The van der Waals surface area contributed by atoms with Crippen molar-refractivity contribution in [2.75, 3.05) is 12.4 Å². The summed E-state index contributed by atoms with van der Waals surface area (Å²) in [5.41, 5.74) is -0.854. The molecule has 0 atom stereocenters. The fourth-order valence-electron chi connectivity index (χ4n) is 1.02. The van der Waals surface area contributed by atoms with E-state index in [4.69, 9.17) is 4.74 Å². The monoisotopic (exact) mass is 209 g/mol. The zero-order valence-corrected chi connectivity index (χ0v) is 9.07. The Morgan fingerprint density at radius 3 is 2.53 bits per heavy atom. The number of methoxy groups -OCH3 is 1. The first-order valence-corrected chi connectivity index (χ1v) is 4.62. The van der Waals surface area contributed by atoms with Crippen LogP contribution in [0.2, 0.25) is 0 Å². The van der Waals surface area contributed by atoms with Crippen LogP contribution >= 0.6 is 0 Å². The molecule has 4 nitrogen and oxygen atoms in total. The summed E-state index contributed by atoms with van der Waals surface area (Å²) in [5, 5.41) is 12.0. The topological polar surface area (TPSA) is 58.6 Å². The van der Waals surface area contributed by atoms with Gasteiger partial charge >= 0.3 is 0 Å². The molecule has 1 aromatic carbocycles. The zero-order valence-electron chi connectivity index (χ0n) is 9.07. The van der Waals surface area contributed by atoms with Crippen LogP contribution in [0.15, 0.2) is 24.3 Å². The third kappa shape index (κ3) is 2.95. The van der Waals surface area contributed by atoms with Crippen molar-refractivity contribution >= 4 is 11.6 Å². The van der Waals surface area contributed by atoms with Crippen molar-refractivity contribution in [1.82, 2.24) is 0 Å². The van der Waals surface area contributed by atoms with Gasteiger partial charge in [-0.2, -0.15) is 0 Å². The molecule has 2 N–H and O–H groups in total. The van der Waals surface area contributed by atoms with Crippen LogP contribution in [-0.2, 0) is 4.79 Å². The number of hydrogen-bond donors (Lipinski definition) is 2. The predicted molar refractivity (Wildman–Crippen MR) is 57.9 cm³/mol. The van der Waals surface area contributed by atoms with Crippen LogP contribution in [0.25, 0.3) is 0 Å². The van der Waals surface area contributed by atoms with Crippen molar-refractivity contribution in [2.45, 2.75) is 19.4 Å². The number of aliphatic hydroxyl groups is 1. The van der Waals surface area contributed by atoms with Crippen LogP contribution in [0, 0.1) is 0 Å². The summed E-state index contributed by atoms with van der Waals surface area (Å²) < 4.78 is 5.06. The maximum Gasteiger partial charge on any atom is 0.255 e. The summed E-state index contributed by atoms with van der Waals surface area (Å²) in [5.74, 6) is 0.0992. The minimum atomic E-state index is -1.40. The largest absolute Gasteiger partial charge is 0.495 e. The third-order valence-corrected chi connectivity index (χ3v) is 1.91. The van der Waals surface area contributed by atoms with Crippen LogP contribution in [0.1, 0.15) is 13.8 Å². The molecule has 0 bridgehead atoms. The van der Waals surface area contributed by atoms with Crippen LogP contribution in [-0.4, -0.2) is 23.7 Å². The second kappa shape index (κ2) is 4.31. The standard InChI is InChI=1S/C11H15NO3/c1-11(2,14)10(13)12-8-6-4-5-7-9(8)15-3/h4-7,14H,1-3H3,(H,12,13). The molecule has 1 rings (SSSR count). The van der Waals surface area contributed by atoms with E-state index in [1.165, 1.54) is 21.0 Å². The van der Waals surface area contributed by atoms with Gasteiger partial charge in [0.2, 0.25) is 0 Å². The number of anilines is 1.